The number of nitrogens with two attached hydrogens (primary N) is 2. The number of aryl methyl sites for hydroxylation is 1. The highest BCUT2D eigenvalue weighted by Crippen LogP contribution is 2.23. The van der Waals surface area contributed by atoms with Crippen molar-refractivity contribution in [3.63, 3.8) is 0 Å². The van der Waals surface area contributed by atoms with E-state index < -0.39 is 0 Å². The van der Waals surface area contributed by atoms with Gasteiger partial charge in [-0.3, -0.25) is 4.98 Å². The number of nitrogens with zero attached hydrogens (tertiary/aromatic N) is 2. The first-order valence-electron chi connectivity index (χ1n) is 5.17. The Morgan fingerprint density at radius 1 is 1.24 bits per heavy atom. The molecule has 1 atom stereocenters. The van der Waals surface area contributed by atoms with Crippen LogP contribution in [0.2, 0.25) is 5.02 Å². The Morgan fingerprint density at radius 2 is 2.00 bits per heavy atom. The van der Waals surface area contributed by atoms with Gasteiger partial charge in [-0.05, 0) is 30.7 Å². The summed E-state index contributed by atoms with van der Waals surface area (Å²) >= 11 is 5.78. The molecule has 4 nitrogen and oxygen atoms in total. The molecule has 17 heavy (non-hydrogen) atoms. The molecule has 88 valence electrons. The van der Waals surface area contributed by atoms with Crippen molar-refractivity contribution in [1.82, 2.24) is 9.97 Å². The van der Waals surface area contributed by atoms with E-state index in [1.165, 1.54) is 0 Å². The van der Waals surface area contributed by atoms with Gasteiger partial charge in [-0.15, -0.1) is 0 Å². The van der Waals surface area contributed by atoms with Crippen LogP contribution in [-0.4, -0.2) is 9.97 Å². The summed E-state index contributed by atoms with van der Waals surface area (Å²) < 4.78 is 0. The highest BCUT2D eigenvalue weighted by atomic mass is 35.5. The zero-order valence-electron chi connectivity index (χ0n) is 9.39. The van der Waals surface area contributed by atoms with Crippen molar-refractivity contribution in [2.45, 2.75) is 13.0 Å². The highest BCUT2D eigenvalue weighted by Gasteiger charge is 2.14. The van der Waals surface area contributed by atoms with Crippen LogP contribution < -0.4 is 11.5 Å². The van der Waals surface area contributed by atoms with Gasteiger partial charge in [0.2, 0.25) is 0 Å². The van der Waals surface area contributed by atoms with E-state index in [0.717, 1.165) is 11.1 Å². The van der Waals surface area contributed by atoms with E-state index in [0.29, 0.717) is 16.5 Å². The molecular formula is C12H13ClN4. The molecule has 0 aliphatic rings. The lowest BCUT2D eigenvalue weighted by molar-refractivity contribution is 0.825. The minimum atomic E-state index is -0.389. The van der Waals surface area contributed by atoms with Gasteiger partial charge in [0.15, 0.2) is 0 Å². The highest BCUT2D eigenvalue weighted by molar-refractivity contribution is 6.30. The smallest absolute Gasteiger partial charge is 0.128 e. The van der Waals surface area contributed by atoms with Gasteiger partial charge in [-0.25, -0.2) is 4.98 Å². The van der Waals surface area contributed by atoms with Gasteiger partial charge in [-0.1, -0.05) is 11.6 Å². The van der Waals surface area contributed by atoms with Crippen LogP contribution in [0.25, 0.3) is 0 Å². The van der Waals surface area contributed by atoms with Crippen LogP contribution >= 0.6 is 11.6 Å². The van der Waals surface area contributed by atoms with Crippen LogP contribution in [0.4, 0.5) is 5.82 Å². The summed E-state index contributed by atoms with van der Waals surface area (Å²) in [6, 6.07) is 5.07. The van der Waals surface area contributed by atoms with Crippen LogP contribution in [0.1, 0.15) is 22.9 Å². The normalized spacial score (nSPS) is 12.4. The Labute approximate surface area is 105 Å². The largest absolute Gasteiger partial charge is 0.383 e. The minimum Gasteiger partial charge on any atom is -0.383 e. The molecule has 2 rings (SSSR count). The van der Waals surface area contributed by atoms with Gasteiger partial charge in [0.05, 0.1) is 16.8 Å². The first-order valence-corrected chi connectivity index (χ1v) is 5.55. The molecule has 0 aliphatic carbocycles. The maximum atomic E-state index is 6.11. The van der Waals surface area contributed by atoms with Gasteiger partial charge in [0, 0.05) is 18.0 Å². The van der Waals surface area contributed by atoms with E-state index in [4.69, 9.17) is 23.1 Å². The minimum absolute atomic E-state index is 0.389. The molecule has 0 radical (unpaired) electrons. The number of hydrogen-bond donors (Lipinski definition) is 2. The number of anilines is 1. The Morgan fingerprint density at radius 3 is 2.65 bits per heavy atom. The van der Waals surface area contributed by atoms with Crippen LogP contribution in [0.5, 0.6) is 0 Å². The SMILES string of the molecule is Cc1cnc(N)c(C(N)c2ccc(Cl)cn2)c1. The maximum Gasteiger partial charge on any atom is 0.128 e. The van der Waals surface area contributed by atoms with E-state index in [9.17, 15) is 0 Å². The molecule has 0 aliphatic heterocycles. The third-order valence-corrected chi connectivity index (χ3v) is 2.71. The lowest BCUT2D eigenvalue weighted by atomic mass is 10.0. The van der Waals surface area contributed by atoms with Crippen molar-refractivity contribution < 1.29 is 0 Å². The molecule has 0 saturated heterocycles. The van der Waals surface area contributed by atoms with Crippen molar-refractivity contribution in [1.29, 1.82) is 0 Å². The Bertz CT molecular complexity index is 525. The second kappa shape index (κ2) is 4.69. The molecule has 0 bridgehead atoms. The summed E-state index contributed by atoms with van der Waals surface area (Å²) in [4.78, 5) is 8.27. The van der Waals surface area contributed by atoms with Gasteiger partial charge in [-0.2, -0.15) is 0 Å². The molecule has 0 amide bonds. The summed E-state index contributed by atoms with van der Waals surface area (Å²) in [5, 5.41) is 0.580. The van der Waals surface area contributed by atoms with E-state index in [1.54, 1.807) is 24.5 Å². The number of rotatable bonds is 2. The van der Waals surface area contributed by atoms with Gasteiger partial charge in [0.25, 0.3) is 0 Å². The van der Waals surface area contributed by atoms with Crippen molar-refractivity contribution in [2.75, 3.05) is 5.73 Å². The van der Waals surface area contributed by atoms with Crippen molar-refractivity contribution >= 4 is 17.4 Å². The number of nitrogen functional groups attached to an aromatic ring is 1. The van der Waals surface area contributed by atoms with Crippen LogP contribution in [0.3, 0.4) is 0 Å². The fraction of sp³-hybridized carbons (Fsp3) is 0.167. The Hall–Kier alpha value is -1.65. The molecule has 2 heterocycles. The molecule has 2 aromatic heterocycles. The van der Waals surface area contributed by atoms with E-state index in [-0.39, 0.29) is 6.04 Å². The third kappa shape index (κ3) is 2.54. The maximum absolute atomic E-state index is 6.11. The average Bonchev–Trinajstić information content (AvgIpc) is 2.32. The van der Waals surface area contributed by atoms with Gasteiger partial charge in [0.1, 0.15) is 5.82 Å². The summed E-state index contributed by atoms with van der Waals surface area (Å²) in [6.07, 6.45) is 3.27. The second-order valence-electron chi connectivity index (χ2n) is 3.87. The summed E-state index contributed by atoms with van der Waals surface area (Å²) in [6.45, 7) is 1.94. The number of pyridine rings is 2. The van der Waals surface area contributed by atoms with Crippen LogP contribution in [0, 0.1) is 6.92 Å². The van der Waals surface area contributed by atoms with Gasteiger partial charge < -0.3 is 11.5 Å². The lowest BCUT2D eigenvalue weighted by Gasteiger charge is -2.13. The zero-order chi connectivity index (χ0) is 12.4. The standard InChI is InChI=1S/C12H13ClN4/c1-7-4-9(12(15)17-5-7)11(14)10-3-2-8(13)6-16-10/h2-6,11H,14H2,1H3,(H2,15,17). The molecule has 1 unspecified atom stereocenters. The molecule has 0 spiro atoms. The van der Waals surface area contributed by atoms with Gasteiger partial charge >= 0.3 is 0 Å². The number of aromatic nitrogens is 2. The van der Waals surface area contributed by atoms with Crippen molar-refractivity contribution in [3.05, 3.63) is 52.4 Å². The monoisotopic (exact) mass is 248 g/mol. The fourth-order valence-electron chi connectivity index (χ4n) is 1.58. The Kier molecular flexibility index (Phi) is 3.26. The van der Waals surface area contributed by atoms with Crippen molar-refractivity contribution in [2.24, 2.45) is 5.73 Å². The molecule has 5 heteroatoms. The lowest BCUT2D eigenvalue weighted by Crippen LogP contribution is -2.16. The number of halogens is 1. The fourth-order valence-corrected chi connectivity index (χ4v) is 1.69. The van der Waals surface area contributed by atoms with E-state index in [1.807, 2.05) is 13.0 Å². The summed E-state index contributed by atoms with van der Waals surface area (Å²) in [7, 11) is 0. The predicted octanol–water partition coefficient (Wildman–Crippen LogP) is 2.07. The predicted molar refractivity (Wildman–Crippen MR) is 68.7 cm³/mol. The molecule has 0 aromatic carbocycles. The number of hydrogen-bond acceptors (Lipinski definition) is 4. The molecule has 0 saturated carbocycles. The van der Waals surface area contributed by atoms with Crippen LogP contribution in [-0.2, 0) is 0 Å². The quantitative estimate of drug-likeness (QED) is 0.853. The summed E-state index contributed by atoms with van der Waals surface area (Å²) in [5.74, 6) is 0.430. The van der Waals surface area contributed by atoms with Crippen LogP contribution in [0.15, 0.2) is 30.6 Å². The molecule has 0 fully saturated rings. The first-order chi connectivity index (χ1) is 8.08. The zero-order valence-corrected chi connectivity index (χ0v) is 10.1. The first kappa shape index (κ1) is 11.8. The molecule has 2 aromatic rings. The topological polar surface area (TPSA) is 77.8 Å². The van der Waals surface area contributed by atoms with E-state index >= 15 is 0 Å². The van der Waals surface area contributed by atoms with Crippen molar-refractivity contribution in [3.8, 4) is 0 Å². The third-order valence-electron chi connectivity index (χ3n) is 2.49. The molecule has 4 N–H and O–H groups in total. The molecular weight excluding hydrogens is 236 g/mol. The van der Waals surface area contributed by atoms with E-state index in [2.05, 4.69) is 9.97 Å². The average molecular weight is 249 g/mol. The second-order valence-corrected chi connectivity index (χ2v) is 4.30. The summed E-state index contributed by atoms with van der Waals surface area (Å²) in [5.41, 5.74) is 14.4. The Balaban J connectivity index is 2.39.